The molecule has 132 valence electrons. The molecule has 0 aromatic heterocycles. The molecule has 1 atom stereocenters. The summed E-state index contributed by atoms with van der Waals surface area (Å²) >= 11 is 0. The standard InChI is InChI=1S/C18H25FN2O3/c1-20(17(22)9-10-18(23)24-2)15-7-5-11-21(13-15)12-14-6-3-4-8-16(14)19/h3-4,6,8,15H,5,7,9-13H2,1-2H3/t15-/m1/s1. The summed E-state index contributed by atoms with van der Waals surface area (Å²) in [5.41, 5.74) is 0.679. The lowest BCUT2D eigenvalue weighted by molar-refractivity contribution is -0.144. The van der Waals surface area contributed by atoms with Crippen LogP contribution in [-0.2, 0) is 20.9 Å². The number of halogens is 1. The molecule has 0 bridgehead atoms. The first-order valence-corrected chi connectivity index (χ1v) is 8.29. The fraction of sp³-hybridized carbons (Fsp3) is 0.556. The highest BCUT2D eigenvalue weighted by molar-refractivity contribution is 5.81. The van der Waals surface area contributed by atoms with Crippen molar-refractivity contribution in [3.63, 3.8) is 0 Å². The Kier molecular flexibility index (Phi) is 6.73. The zero-order valence-electron chi connectivity index (χ0n) is 14.3. The number of nitrogens with zero attached hydrogens (tertiary/aromatic N) is 2. The maximum atomic E-state index is 13.8. The van der Waals surface area contributed by atoms with Crippen LogP contribution in [0.4, 0.5) is 4.39 Å². The summed E-state index contributed by atoms with van der Waals surface area (Å²) in [6.07, 6.45) is 2.15. The van der Waals surface area contributed by atoms with Crippen LogP contribution in [0.5, 0.6) is 0 Å². The molecular weight excluding hydrogens is 311 g/mol. The second kappa shape index (κ2) is 8.78. The van der Waals surface area contributed by atoms with Gasteiger partial charge in [-0.25, -0.2) is 4.39 Å². The van der Waals surface area contributed by atoms with E-state index in [0.717, 1.165) is 25.9 Å². The molecule has 1 heterocycles. The van der Waals surface area contributed by atoms with Gasteiger partial charge < -0.3 is 9.64 Å². The van der Waals surface area contributed by atoms with Gasteiger partial charge in [0.2, 0.25) is 5.91 Å². The van der Waals surface area contributed by atoms with Crippen LogP contribution in [0.3, 0.4) is 0 Å². The first-order valence-electron chi connectivity index (χ1n) is 8.29. The molecule has 1 aromatic carbocycles. The molecule has 6 heteroatoms. The van der Waals surface area contributed by atoms with Gasteiger partial charge in [-0.1, -0.05) is 18.2 Å². The molecule has 1 aromatic rings. The lowest BCUT2D eigenvalue weighted by Gasteiger charge is -2.37. The summed E-state index contributed by atoms with van der Waals surface area (Å²) in [6.45, 7) is 2.16. The number of rotatable bonds is 6. The van der Waals surface area contributed by atoms with Gasteiger partial charge in [-0.15, -0.1) is 0 Å². The monoisotopic (exact) mass is 336 g/mol. The zero-order valence-corrected chi connectivity index (χ0v) is 14.3. The number of amides is 1. The third-order valence-corrected chi connectivity index (χ3v) is 4.54. The van der Waals surface area contributed by atoms with Crippen molar-refractivity contribution < 1.29 is 18.7 Å². The summed E-state index contributed by atoms with van der Waals surface area (Å²) in [7, 11) is 3.09. The molecule has 0 N–H and O–H groups in total. The molecule has 0 saturated carbocycles. The quantitative estimate of drug-likeness (QED) is 0.748. The zero-order chi connectivity index (χ0) is 17.5. The molecule has 1 amide bonds. The van der Waals surface area contributed by atoms with Crippen LogP contribution in [0.2, 0.25) is 0 Å². The molecule has 1 saturated heterocycles. The Bertz CT molecular complexity index is 579. The number of esters is 1. The van der Waals surface area contributed by atoms with Gasteiger partial charge >= 0.3 is 5.97 Å². The highest BCUT2D eigenvalue weighted by atomic mass is 19.1. The van der Waals surface area contributed by atoms with E-state index in [9.17, 15) is 14.0 Å². The first kappa shape index (κ1) is 18.4. The third-order valence-electron chi connectivity index (χ3n) is 4.54. The highest BCUT2D eigenvalue weighted by Gasteiger charge is 2.26. The predicted molar refractivity (Wildman–Crippen MR) is 88.7 cm³/mol. The molecule has 1 fully saturated rings. The normalized spacial score (nSPS) is 18.2. The molecule has 1 aliphatic heterocycles. The van der Waals surface area contributed by atoms with Crippen LogP contribution in [0.15, 0.2) is 24.3 Å². The van der Waals surface area contributed by atoms with Crippen molar-refractivity contribution in [3.05, 3.63) is 35.6 Å². The Morgan fingerprint density at radius 2 is 2.08 bits per heavy atom. The smallest absolute Gasteiger partial charge is 0.306 e. The molecule has 2 rings (SSSR count). The minimum absolute atomic E-state index is 0.0573. The van der Waals surface area contributed by atoms with Crippen LogP contribution in [-0.4, -0.2) is 55.0 Å². The molecule has 0 spiro atoms. The Hall–Kier alpha value is -1.95. The van der Waals surface area contributed by atoms with Crippen LogP contribution in [0.1, 0.15) is 31.2 Å². The lowest BCUT2D eigenvalue weighted by atomic mass is 10.0. The third kappa shape index (κ3) is 5.03. The average Bonchev–Trinajstić information content (AvgIpc) is 2.61. The summed E-state index contributed by atoms with van der Waals surface area (Å²) in [5, 5.41) is 0. The number of hydrogen-bond acceptors (Lipinski definition) is 4. The minimum atomic E-state index is -0.374. The Morgan fingerprint density at radius 1 is 1.33 bits per heavy atom. The summed E-state index contributed by atoms with van der Waals surface area (Å²) in [6, 6.07) is 6.88. The number of carbonyl (C=O) groups excluding carboxylic acids is 2. The van der Waals surface area contributed by atoms with E-state index in [1.54, 1.807) is 24.1 Å². The number of piperidine rings is 1. The molecule has 1 aliphatic rings. The summed E-state index contributed by atoms with van der Waals surface area (Å²) < 4.78 is 18.4. The number of carbonyl (C=O) groups is 2. The van der Waals surface area contributed by atoms with E-state index in [-0.39, 0.29) is 36.6 Å². The van der Waals surface area contributed by atoms with Crippen molar-refractivity contribution in [1.29, 1.82) is 0 Å². The molecule has 24 heavy (non-hydrogen) atoms. The second-order valence-corrected chi connectivity index (χ2v) is 6.20. The molecular formula is C18H25FN2O3. The van der Waals surface area contributed by atoms with Crippen molar-refractivity contribution in [2.45, 2.75) is 38.3 Å². The second-order valence-electron chi connectivity index (χ2n) is 6.20. The van der Waals surface area contributed by atoms with Gasteiger partial charge in [-0.2, -0.15) is 0 Å². The van der Waals surface area contributed by atoms with Gasteiger partial charge in [-0.05, 0) is 25.5 Å². The van der Waals surface area contributed by atoms with Gasteiger partial charge in [0.05, 0.1) is 13.5 Å². The summed E-state index contributed by atoms with van der Waals surface area (Å²) in [4.78, 5) is 27.3. The molecule has 0 aliphatic carbocycles. The number of methoxy groups -OCH3 is 1. The number of benzene rings is 1. The number of hydrogen-bond donors (Lipinski definition) is 0. The van der Waals surface area contributed by atoms with Gasteiger partial charge in [-0.3, -0.25) is 14.5 Å². The van der Waals surface area contributed by atoms with E-state index in [2.05, 4.69) is 9.64 Å². The van der Waals surface area contributed by atoms with Crippen molar-refractivity contribution in [2.24, 2.45) is 0 Å². The van der Waals surface area contributed by atoms with Crippen LogP contribution < -0.4 is 0 Å². The van der Waals surface area contributed by atoms with Gasteiger partial charge in [0, 0.05) is 38.2 Å². The largest absolute Gasteiger partial charge is 0.469 e. The summed E-state index contributed by atoms with van der Waals surface area (Å²) in [5.74, 6) is -0.623. The Balaban J connectivity index is 1.88. The van der Waals surface area contributed by atoms with Gasteiger partial charge in [0.15, 0.2) is 0 Å². The van der Waals surface area contributed by atoms with E-state index in [0.29, 0.717) is 12.1 Å². The maximum Gasteiger partial charge on any atom is 0.306 e. The maximum absolute atomic E-state index is 13.8. The van der Waals surface area contributed by atoms with Crippen LogP contribution >= 0.6 is 0 Å². The molecule has 0 radical (unpaired) electrons. The van der Waals surface area contributed by atoms with E-state index < -0.39 is 0 Å². The van der Waals surface area contributed by atoms with Crippen molar-refractivity contribution in [1.82, 2.24) is 9.80 Å². The first-order chi connectivity index (χ1) is 11.5. The van der Waals surface area contributed by atoms with E-state index in [4.69, 9.17) is 0 Å². The molecule has 5 nitrogen and oxygen atoms in total. The van der Waals surface area contributed by atoms with Gasteiger partial charge in [0.25, 0.3) is 0 Å². The number of ether oxygens (including phenoxy) is 1. The number of likely N-dealkylation sites (tertiary alicyclic amines) is 1. The SMILES string of the molecule is COC(=O)CCC(=O)N(C)[C@@H]1CCCN(Cc2ccccc2F)C1. The van der Waals surface area contributed by atoms with Crippen LogP contribution in [0, 0.1) is 5.82 Å². The molecule has 0 unspecified atom stereocenters. The van der Waals surface area contributed by atoms with Gasteiger partial charge in [0.1, 0.15) is 5.82 Å². The topological polar surface area (TPSA) is 49.9 Å². The van der Waals surface area contributed by atoms with E-state index in [1.165, 1.54) is 13.2 Å². The van der Waals surface area contributed by atoms with E-state index >= 15 is 0 Å². The fourth-order valence-corrected chi connectivity index (χ4v) is 3.05. The van der Waals surface area contributed by atoms with Crippen molar-refractivity contribution >= 4 is 11.9 Å². The van der Waals surface area contributed by atoms with Crippen LogP contribution in [0.25, 0.3) is 0 Å². The number of likely N-dealkylation sites (N-methyl/N-ethyl adjacent to an activating group) is 1. The Labute approximate surface area is 142 Å². The predicted octanol–water partition coefficient (Wildman–Crippen LogP) is 2.20. The highest BCUT2D eigenvalue weighted by Crippen LogP contribution is 2.19. The van der Waals surface area contributed by atoms with E-state index in [1.807, 2.05) is 6.07 Å². The van der Waals surface area contributed by atoms with Crippen molar-refractivity contribution in [2.75, 3.05) is 27.2 Å². The lowest BCUT2D eigenvalue weighted by Crippen LogP contribution is -2.48. The minimum Gasteiger partial charge on any atom is -0.469 e. The average molecular weight is 336 g/mol. The van der Waals surface area contributed by atoms with Crippen molar-refractivity contribution in [3.8, 4) is 0 Å². The Morgan fingerprint density at radius 3 is 2.79 bits per heavy atom. The fourth-order valence-electron chi connectivity index (χ4n) is 3.05.